The van der Waals surface area contributed by atoms with Gasteiger partial charge in [-0.3, -0.25) is 4.79 Å². The van der Waals surface area contributed by atoms with E-state index in [2.05, 4.69) is 20.6 Å². The van der Waals surface area contributed by atoms with Crippen molar-refractivity contribution in [2.75, 3.05) is 17.7 Å². The normalized spacial score (nSPS) is 10.5. The van der Waals surface area contributed by atoms with E-state index >= 15 is 0 Å². The molecular weight excluding hydrogens is 352 g/mol. The van der Waals surface area contributed by atoms with E-state index < -0.39 is 0 Å². The second-order valence-corrected chi connectivity index (χ2v) is 6.74. The molecular formula is C22H24N4O2. The summed E-state index contributed by atoms with van der Waals surface area (Å²) in [6, 6.07) is 13.4. The van der Waals surface area contributed by atoms with Crippen molar-refractivity contribution in [2.45, 2.75) is 27.7 Å². The number of methoxy groups -OCH3 is 1. The fourth-order valence-electron chi connectivity index (χ4n) is 2.99. The molecule has 1 amide bonds. The summed E-state index contributed by atoms with van der Waals surface area (Å²) in [6.07, 6.45) is 0. The maximum Gasteiger partial charge on any atom is 0.274 e. The van der Waals surface area contributed by atoms with Gasteiger partial charge in [0.2, 0.25) is 0 Å². The molecule has 0 radical (unpaired) electrons. The Labute approximate surface area is 165 Å². The number of aromatic nitrogens is 2. The smallest absolute Gasteiger partial charge is 0.274 e. The summed E-state index contributed by atoms with van der Waals surface area (Å²) in [7, 11) is 1.62. The van der Waals surface area contributed by atoms with E-state index in [0.29, 0.717) is 23.1 Å². The van der Waals surface area contributed by atoms with Gasteiger partial charge in [-0.1, -0.05) is 24.3 Å². The van der Waals surface area contributed by atoms with E-state index in [1.165, 1.54) is 0 Å². The molecule has 2 aromatic carbocycles. The number of amides is 1. The molecule has 0 unspecified atom stereocenters. The number of carbonyl (C=O) groups is 1. The summed E-state index contributed by atoms with van der Waals surface area (Å²) in [5.74, 6) is 1.46. The molecule has 0 atom stereocenters. The van der Waals surface area contributed by atoms with E-state index in [9.17, 15) is 4.79 Å². The van der Waals surface area contributed by atoms with Crippen molar-refractivity contribution in [3.05, 3.63) is 70.7 Å². The molecule has 3 aromatic rings. The van der Waals surface area contributed by atoms with Crippen LogP contribution in [0.3, 0.4) is 0 Å². The van der Waals surface area contributed by atoms with Crippen molar-refractivity contribution < 1.29 is 9.53 Å². The maximum absolute atomic E-state index is 12.8. The third kappa shape index (κ3) is 4.28. The third-order valence-electron chi connectivity index (χ3n) is 4.41. The highest BCUT2D eigenvalue weighted by atomic mass is 16.5. The van der Waals surface area contributed by atoms with Crippen LogP contribution in [0.4, 0.5) is 17.2 Å². The predicted octanol–water partition coefficient (Wildman–Crippen LogP) is 4.71. The zero-order valence-electron chi connectivity index (χ0n) is 16.8. The fraction of sp³-hybridized carbons (Fsp3) is 0.227. The van der Waals surface area contributed by atoms with Gasteiger partial charge in [-0.25, -0.2) is 9.97 Å². The van der Waals surface area contributed by atoms with Crippen LogP contribution in [0.15, 0.2) is 42.5 Å². The molecule has 0 aliphatic carbocycles. The summed E-state index contributed by atoms with van der Waals surface area (Å²) in [5.41, 5.74) is 4.97. The van der Waals surface area contributed by atoms with E-state index in [0.717, 1.165) is 28.1 Å². The molecule has 0 aliphatic heterocycles. The topological polar surface area (TPSA) is 76.1 Å². The van der Waals surface area contributed by atoms with Gasteiger partial charge in [0.1, 0.15) is 23.1 Å². The summed E-state index contributed by atoms with van der Waals surface area (Å²) in [5, 5.41) is 6.19. The van der Waals surface area contributed by atoms with Crippen LogP contribution < -0.4 is 15.4 Å². The molecule has 1 heterocycles. The van der Waals surface area contributed by atoms with Gasteiger partial charge in [-0.05, 0) is 56.5 Å². The highest BCUT2D eigenvalue weighted by Crippen LogP contribution is 2.28. The third-order valence-corrected chi connectivity index (χ3v) is 4.41. The Morgan fingerprint density at radius 3 is 2.36 bits per heavy atom. The second kappa shape index (κ2) is 8.08. The lowest BCUT2D eigenvalue weighted by molar-refractivity contribution is 0.102. The van der Waals surface area contributed by atoms with Gasteiger partial charge in [0.25, 0.3) is 5.91 Å². The van der Waals surface area contributed by atoms with Crippen LogP contribution in [0.2, 0.25) is 0 Å². The molecule has 6 heteroatoms. The number of benzene rings is 2. The minimum Gasteiger partial charge on any atom is -0.495 e. The Morgan fingerprint density at radius 1 is 0.964 bits per heavy atom. The van der Waals surface area contributed by atoms with E-state index in [1.54, 1.807) is 20.1 Å². The Bertz CT molecular complexity index is 1010. The molecule has 0 aliphatic rings. The van der Waals surface area contributed by atoms with Gasteiger partial charge >= 0.3 is 0 Å². The van der Waals surface area contributed by atoms with E-state index in [-0.39, 0.29) is 5.91 Å². The zero-order valence-corrected chi connectivity index (χ0v) is 16.8. The molecule has 0 saturated carbocycles. The van der Waals surface area contributed by atoms with Gasteiger partial charge in [0, 0.05) is 11.8 Å². The van der Waals surface area contributed by atoms with Crippen LogP contribution in [0, 0.1) is 27.7 Å². The van der Waals surface area contributed by atoms with Crippen molar-refractivity contribution >= 4 is 23.1 Å². The Kier molecular flexibility index (Phi) is 5.59. The molecule has 3 rings (SSSR count). The highest BCUT2D eigenvalue weighted by molar-refractivity contribution is 6.04. The first-order valence-electron chi connectivity index (χ1n) is 9.02. The summed E-state index contributed by atoms with van der Waals surface area (Å²) < 4.78 is 5.40. The van der Waals surface area contributed by atoms with Crippen molar-refractivity contribution in [1.29, 1.82) is 0 Å². The number of para-hydroxylation sites is 1. The summed E-state index contributed by atoms with van der Waals surface area (Å²) in [6.45, 7) is 7.68. The lowest BCUT2D eigenvalue weighted by atomic mass is 10.1. The first-order chi connectivity index (χ1) is 13.4. The van der Waals surface area contributed by atoms with Gasteiger partial charge in [0.15, 0.2) is 0 Å². The van der Waals surface area contributed by atoms with Crippen LogP contribution in [0.1, 0.15) is 33.0 Å². The molecule has 6 nitrogen and oxygen atoms in total. The molecule has 2 N–H and O–H groups in total. The molecule has 0 bridgehead atoms. The molecule has 1 aromatic heterocycles. The number of nitrogens with zero attached hydrogens (tertiary/aromatic N) is 2. The van der Waals surface area contributed by atoms with Gasteiger partial charge in [0.05, 0.1) is 12.8 Å². The lowest BCUT2D eigenvalue weighted by Gasteiger charge is -2.14. The van der Waals surface area contributed by atoms with Crippen LogP contribution in [-0.2, 0) is 0 Å². The van der Waals surface area contributed by atoms with Crippen molar-refractivity contribution in [3.8, 4) is 5.75 Å². The number of nitrogens with one attached hydrogen (secondary N) is 2. The molecule has 144 valence electrons. The van der Waals surface area contributed by atoms with Gasteiger partial charge in [-0.2, -0.15) is 0 Å². The standard InChI is InChI=1S/C22H24N4O2/c1-13-9-10-19(28-5)17(11-13)25-20-12-18(23-16(4)24-20)22(27)26-21-14(2)7-6-8-15(21)3/h6-12H,1-5H3,(H,26,27)(H,23,24,25). The summed E-state index contributed by atoms with van der Waals surface area (Å²) in [4.78, 5) is 21.5. The minimum atomic E-state index is -0.276. The average Bonchev–Trinajstić information content (AvgIpc) is 2.64. The minimum absolute atomic E-state index is 0.276. The monoisotopic (exact) mass is 376 g/mol. The predicted molar refractivity (Wildman–Crippen MR) is 112 cm³/mol. The largest absolute Gasteiger partial charge is 0.495 e. The van der Waals surface area contributed by atoms with Crippen LogP contribution >= 0.6 is 0 Å². The van der Waals surface area contributed by atoms with Crippen LogP contribution in [0.25, 0.3) is 0 Å². The van der Waals surface area contributed by atoms with Gasteiger partial charge < -0.3 is 15.4 Å². The second-order valence-electron chi connectivity index (χ2n) is 6.74. The SMILES string of the molecule is COc1ccc(C)cc1Nc1cc(C(=O)Nc2c(C)cccc2C)nc(C)n1. The van der Waals surface area contributed by atoms with E-state index in [1.807, 2.05) is 57.2 Å². The molecule has 0 fully saturated rings. The van der Waals surface area contributed by atoms with Gasteiger partial charge in [-0.15, -0.1) is 0 Å². The first-order valence-corrected chi connectivity index (χ1v) is 9.02. The average molecular weight is 376 g/mol. The Morgan fingerprint density at radius 2 is 1.68 bits per heavy atom. The quantitative estimate of drug-likeness (QED) is 0.674. The van der Waals surface area contributed by atoms with Crippen LogP contribution in [-0.4, -0.2) is 23.0 Å². The number of aryl methyl sites for hydroxylation is 4. The number of rotatable bonds is 5. The number of ether oxygens (including phenoxy) is 1. The molecule has 0 spiro atoms. The van der Waals surface area contributed by atoms with Crippen molar-refractivity contribution in [3.63, 3.8) is 0 Å². The molecule has 0 saturated heterocycles. The first kappa shape index (κ1) is 19.4. The Balaban J connectivity index is 1.89. The fourth-order valence-corrected chi connectivity index (χ4v) is 2.99. The lowest BCUT2D eigenvalue weighted by Crippen LogP contribution is -2.16. The highest BCUT2D eigenvalue weighted by Gasteiger charge is 2.14. The van der Waals surface area contributed by atoms with Crippen molar-refractivity contribution in [2.24, 2.45) is 0 Å². The van der Waals surface area contributed by atoms with E-state index in [4.69, 9.17) is 4.74 Å². The number of hydrogen-bond donors (Lipinski definition) is 2. The number of anilines is 3. The van der Waals surface area contributed by atoms with Crippen molar-refractivity contribution in [1.82, 2.24) is 9.97 Å². The molecule has 28 heavy (non-hydrogen) atoms. The number of carbonyl (C=O) groups excluding carboxylic acids is 1. The zero-order chi connectivity index (χ0) is 20.3. The Hall–Kier alpha value is -3.41. The van der Waals surface area contributed by atoms with Crippen LogP contribution in [0.5, 0.6) is 5.75 Å². The summed E-state index contributed by atoms with van der Waals surface area (Å²) >= 11 is 0. The maximum atomic E-state index is 12.8. The number of hydrogen-bond acceptors (Lipinski definition) is 5.